The maximum Gasteiger partial charge on any atom is 0.222 e. The normalized spacial score (nSPS) is 12.5. The van der Waals surface area contributed by atoms with Crippen LogP contribution < -0.4 is 5.32 Å². The summed E-state index contributed by atoms with van der Waals surface area (Å²) in [5, 5.41) is 18.7. The van der Waals surface area contributed by atoms with E-state index >= 15 is 0 Å². The van der Waals surface area contributed by atoms with E-state index in [1.807, 2.05) is 46.6 Å². The molecule has 1 saturated carbocycles. The summed E-state index contributed by atoms with van der Waals surface area (Å²) in [4.78, 5) is 22.3. The molecule has 0 bridgehead atoms. The van der Waals surface area contributed by atoms with Crippen LogP contribution in [0.25, 0.3) is 0 Å². The molecule has 0 aromatic heterocycles. The zero-order chi connectivity index (χ0) is 39.7. The summed E-state index contributed by atoms with van der Waals surface area (Å²) in [6, 6.07) is 0. The van der Waals surface area contributed by atoms with Gasteiger partial charge in [-0.2, -0.15) is 0 Å². The van der Waals surface area contributed by atoms with Crippen LogP contribution in [0.5, 0.6) is 0 Å². The smallest absolute Gasteiger partial charge is 0.222 e. The van der Waals surface area contributed by atoms with E-state index in [0.717, 1.165) is 51.3 Å². The van der Waals surface area contributed by atoms with Crippen LogP contribution in [-0.2, 0) is 9.59 Å². The van der Waals surface area contributed by atoms with Crippen LogP contribution >= 0.6 is 0 Å². The molecule has 49 heavy (non-hydrogen) atoms. The van der Waals surface area contributed by atoms with Crippen molar-refractivity contribution in [3.8, 4) is 0 Å². The molecule has 2 unspecified atom stereocenters. The molecular formula is C43H96N2O4. The third kappa shape index (κ3) is 69.3. The highest BCUT2D eigenvalue weighted by molar-refractivity contribution is 5.76. The maximum absolute atomic E-state index is 12.3. The van der Waals surface area contributed by atoms with Gasteiger partial charge in [0.05, 0.1) is 0 Å². The third-order valence-electron chi connectivity index (χ3n) is 7.70. The fraction of sp³-hybridized carbons (Fsp3) is 0.907. The summed E-state index contributed by atoms with van der Waals surface area (Å²) in [6.07, 6.45) is 24.7. The van der Waals surface area contributed by atoms with Crippen molar-refractivity contribution in [2.45, 2.75) is 192 Å². The van der Waals surface area contributed by atoms with Gasteiger partial charge in [-0.25, -0.2) is 0 Å². The lowest BCUT2D eigenvalue weighted by Crippen LogP contribution is -2.30. The second-order valence-corrected chi connectivity index (χ2v) is 13.5. The van der Waals surface area contributed by atoms with Gasteiger partial charge >= 0.3 is 0 Å². The van der Waals surface area contributed by atoms with Gasteiger partial charge in [-0.05, 0) is 57.0 Å². The van der Waals surface area contributed by atoms with Gasteiger partial charge in [0.15, 0.2) is 0 Å². The standard InChI is InChI=1S/C21H41NO.C7H17NO.2C4H10.C3H6.C2H6.CH4O.CH2O/c1-4-5-6-7-8-10-13-19(2)18-21(23)22(3)17-16-20-14-11-9-12-15-20;1-3-7(4-5-9)6-8-2;1-4(2)3;1-3-4-2;1-3-2;3*1-2/h19-20H,4-18H2,1-3H3;7-9H,3-6H2,1-2H3;4H,1-3H3;3-4H2,1-2H3;3H,1H2,2H3;1-2H3;2H,1H3;1H2. The summed E-state index contributed by atoms with van der Waals surface area (Å²) < 4.78 is 0. The van der Waals surface area contributed by atoms with E-state index in [4.69, 9.17) is 15.0 Å². The molecule has 0 aromatic carbocycles. The largest absolute Gasteiger partial charge is 0.400 e. The van der Waals surface area contributed by atoms with Crippen molar-refractivity contribution < 1.29 is 19.8 Å². The average Bonchev–Trinajstić information content (AvgIpc) is 3.12. The van der Waals surface area contributed by atoms with Gasteiger partial charge in [0.2, 0.25) is 5.91 Å². The zero-order valence-electron chi connectivity index (χ0n) is 36.3. The SMILES string of the molecule is C=CC.C=O.CC.CC(C)C.CCC(CCO)CNC.CCCC.CCCCCCCCC(C)CC(=O)N(C)CCC1CCCCC1.CO. The topological polar surface area (TPSA) is 89.9 Å². The van der Waals surface area contributed by atoms with E-state index < -0.39 is 0 Å². The minimum Gasteiger partial charge on any atom is -0.400 e. The molecule has 0 saturated heterocycles. The molecule has 0 aliphatic heterocycles. The Kier molecular flexibility index (Phi) is 79.5. The first-order valence-corrected chi connectivity index (χ1v) is 20.3. The van der Waals surface area contributed by atoms with Crippen LogP contribution in [-0.4, -0.2) is 68.7 Å². The summed E-state index contributed by atoms with van der Waals surface area (Å²) in [5.74, 6) is 3.27. The first-order chi connectivity index (χ1) is 23.5. The molecule has 6 heteroatoms. The monoisotopic (exact) mass is 705 g/mol. The number of unbranched alkanes of at least 4 members (excludes halogenated alkanes) is 6. The Hall–Kier alpha value is -1.24. The summed E-state index contributed by atoms with van der Waals surface area (Å²) in [6.45, 7) is 31.1. The first kappa shape index (κ1) is 62.9. The highest BCUT2D eigenvalue weighted by Crippen LogP contribution is 2.26. The molecule has 1 aliphatic carbocycles. The van der Waals surface area contributed by atoms with Crippen LogP contribution in [0.15, 0.2) is 12.7 Å². The predicted molar refractivity (Wildman–Crippen MR) is 224 cm³/mol. The maximum atomic E-state index is 12.3. The van der Waals surface area contributed by atoms with Crippen LogP contribution in [0.2, 0.25) is 0 Å². The fourth-order valence-corrected chi connectivity index (χ4v) is 4.73. The number of aliphatic hydroxyl groups excluding tert-OH is 2. The minimum atomic E-state index is 0.320. The Morgan fingerprint density at radius 2 is 1.31 bits per heavy atom. The van der Waals surface area contributed by atoms with Gasteiger partial charge in [0.25, 0.3) is 0 Å². The van der Waals surface area contributed by atoms with Crippen LogP contribution in [0.1, 0.15) is 192 Å². The molecule has 0 spiro atoms. The Morgan fingerprint density at radius 1 is 0.857 bits per heavy atom. The number of hydrogen-bond acceptors (Lipinski definition) is 5. The quantitative estimate of drug-likeness (QED) is 0.0976. The van der Waals surface area contributed by atoms with Gasteiger partial charge in [0.1, 0.15) is 6.79 Å². The van der Waals surface area contributed by atoms with Crippen molar-refractivity contribution in [1.82, 2.24) is 10.2 Å². The number of rotatable bonds is 18. The molecule has 0 radical (unpaired) electrons. The molecule has 6 nitrogen and oxygen atoms in total. The lowest BCUT2D eigenvalue weighted by atomic mass is 9.87. The van der Waals surface area contributed by atoms with Gasteiger partial charge in [-0.3, -0.25) is 4.79 Å². The van der Waals surface area contributed by atoms with Gasteiger partial charge in [-0.1, -0.05) is 172 Å². The Bertz CT molecular complexity index is 529. The minimum absolute atomic E-state index is 0.320. The van der Waals surface area contributed by atoms with Crippen molar-refractivity contribution in [3.63, 3.8) is 0 Å². The predicted octanol–water partition coefficient (Wildman–Crippen LogP) is 11.9. The Balaban J connectivity index is -0.000000111. The molecule has 1 aliphatic rings. The van der Waals surface area contributed by atoms with Gasteiger partial charge < -0.3 is 25.2 Å². The van der Waals surface area contributed by atoms with E-state index in [9.17, 15) is 4.79 Å². The number of nitrogens with one attached hydrogen (secondary N) is 1. The van der Waals surface area contributed by atoms with Crippen molar-refractivity contribution in [2.75, 3.05) is 40.9 Å². The zero-order valence-corrected chi connectivity index (χ0v) is 36.3. The number of nitrogens with zero attached hydrogens (tertiary/aromatic N) is 1. The van der Waals surface area contributed by atoms with Crippen molar-refractivity contribution in [1.29, 1.82) is 0 Å². The molecule has 302 valence electrons. The second-order valence-electron chi connectivity index (χ2n) is 13.5. The van der Waals surface area contributed by atoms with Gasteiger partial charge in [-0.15, -0.1) is 6.58 Å². The molecular weight excluding hydrogens is 608 g/mol. The summed E-state index contributed by atoms with van der Waals surface area (Å²) in [5.41, 5.74) is 0. The highest BCUT2D eigenvalue weighted by atomic mass is 16.3. The van der Waals surface area contributed by atoms with E-state index in [0.29, 0.717) is 24.3 Å². The van der Waals surface area contributed by atoms with Crippen molar-refractivity contribution in [2.24, 2.45) is 23.7 Å². The van der Waals surface area contributed by atoms with Crippen molar-refractivity contribution >= 4 is 12.7 Å². The molecule has 2 atom stereocenters. The van der Waals surface area contributed by atoms with Crippen LogP contribution in [0, 0.1) is 23.7 Å². The van der Waals surface area contributed by atoms with E-state index in [1.165, 1.54) is 96.3 Å². The molecule has 1 rings (SSSR count). The molecule has 1 fully saturated rings. The number of carbonyl (C=O) groups excluding carboxylic acids is 2. The molecule has 0 aromatic rings. The Labute approximate surface area is 311 Å². The number of aliphatic hydroxyl groups is 2. The fourth-order valence-electron chi connectivity index (χ4n) is 4.73. The molecule has 0 heterocycles. The Morgan fingerprint density at radius 3 is 1.69 bits per heavy atom. The lowest BCUT2D eigenvalue weighted by Gasteiger charge is -2.25. The van der Waals surface area contributed by atoms with E-state index in [-0.39, 0.29) is 0 Å². The number of amides is 1. The highest BCUT2D eigenvalue weighted by Gasteiger charge is 2.17. The second kappa shape index (κ2) is 61.9. The first-order valence-electron chi connectivity index (χ1n) is 20.3. The summed E-state index contributed by atoms with van der Waals surface area (Å²) >= 11 is 0. The van der Waals surface area contributed by atoms with E-state index in [1.54, 1.807) is 6.08 Å². The van der Waals surface area contributed by atoms with Crippen LogP contribution in [0.3, 0.4) is 0 Å². The average molecular weight is 705 g/mol. The van der Waals surface area contributed by atoms with Crippen LogP contribution in [0.4, 0.5) is 0 Å². The summed E-state index contributed by atoms with van der Waals surface area (Å²) in [7, 11) is 4.95. The lowest BCUT2D eigenvalue weighted by molar-refractivity contribution is -0.131. The number of carbonyl (C=O) groups is 2. The van der Waals surface area contributed by atoms with Crippen molar-refractivity contribution in [3.05, 3.63) is 12.7 Å². The number of allylic oxidation sites excluding steroid dienone is 1. The van der Waals surface area contributed by atoms with E-state index in [2.05, 4.69) is 67.3 Å². The number of hydrogen-bond donors (Lipinski definition) is 3. The molecule has 1 amide bonds. The third-order valence-corrected chi connectivity index (χ3v) is 7.70. The van der Waals surface area contributed by atoms with Gasteiger partial charge in [0, 0.05) is 33.7 Å². The molecule has 3 N–H and O–H groups in total.